The Kier molecular flexibility index (Phi) is 10.2. The Labute approximate surface area is 272 Å². The van der Waals surface area contributed by atoms with Gasteiger partial charge in [0.25, 0.3) is 0 Å². The van der Waals surface area contributed by atoms with Crippen LogP contribution in [0.2, 0.25) is 10.0 Å². The zero-order valence-electron chi connectivity index (χ0n) is 23.7. The molecular formula is C31H29BrCl2N4O4S. The predicted molar refractivity (Wildman–Crippen MR) is 173 cm³/mol. The van der Waals surface area contributed by atoms with Crippen LogP contribution in [0.5, 0.6) is 11.5 Å². The SMILES string of the molecule is CCOC(=O)C1=C(C)Nc2nc(SCc3ccccc3Cl)nn2C1c1cc(Br)c(OCc2ccccc2Cl)c(OCC)c1. The second-order valence-corrected chi connectivity index (χ2v) is 12.1. The molecule has 0 saturated heterocycles. The van der Waals surface area contributed by atoms with E-state index in [1.54, 1.807) is 11.6 Å². The molecule has 0 spiro atoms. The van der Waals surface area contributed by atoms with Gasteiger partial charge in [-0.05, 0) is 72.1 Å². The molecule has 1 atom stereocenters. The number of nitrogens with zero attached hydrogens (tertiary/aromatic N) is 3. The van der Waals surface area contributed by atoms with Gasteiger partial charge >= 0.3 is 5.97 Å². The summed E-state index contributed by atoms with van der Waals surface area (Å²) in [5, 5.41) is 9.88. The van der Waals surface area contributed by atoms with Crippen molar-refractivity contribution in [1.82, 2.24) is 14.8 Å². The molecule has 0 bridgehead atoms. The van der Waals surface area contributed by atoms with Crippen LogP contribution in [0.15, 0.2) is 81.6 Å². The molecule has 3 aromatic carbocycles. The summed E-state index contributed by atoms with van der Waals surface area (Å²) in [6.45, 7) is 6.38. The average molecular weight is 704 g/mol. The zero-order chi connectivity index (χ0) is 30.5. The number of benzene rings is 3. The minimum atomic E-state index is -0.648. The molecule has 8 nitrogen and oxygen atoms in total. The number of thioether (sulfide) groups is 1. The number of carbonyl (C=O) groups is 1. The Balaban J connectivity index is 1.53. The van der Waals surface area contributed by atoms with E-state index in [1.807, 2.05) is 74.5 Å². The highest BCUT2D eigenvalue weighted by Crippen LogP contribution is 2.44. The molecule has 0 radical (unpaired) electrons. The first-order chi connectivity index (χ1) is 20.8. The molecule has 0 aliphatic carbocycles. The van der Waals surface area contributed by atoms with Gasteiger partial charge in [-0.15, -0.1) is 5.10 Å². The first-order valence-corrected chi connectivity index (χ1v) is 16.1. The van der Waals surface area contributed by atoms with Crippen molar-refractivity contribution in [3.63, 3.8) is 0 Å². The van der Waals surface area contributed by atoms with E-state index in [0.717, 1.165) is 16.7 Å². The van der Waals surface area contributed by atoms with E-state index in [0.29, 0.717) is 60.8 Å². The fourth-order valence-electron chi connectivity index (χ4n) is 4.65. The quantitative estimate of drug-likeness (QED) is 0.123. The summed E-state index contributed by atoms with van der Waals surface area (Å²) in [7, 11) is 0. The molecule has 12 heteroatoms. The molecule has 2 heterocycles. The summed E-state index contributed by atoms with van der Waals surface area (Å²) in [6.07, 6.45) is 0. The van der Waals surface area contributed by atoms with E-state index >= 15 is 0 Å². The van der Waals surface area contributed by atoms with Crippen LogP contribution in [0, 0.1) is 0 Å². The molecule has 1 aromatic heterocycles. The third-order valence-electron chi connectivity index (χ3n) is 6.62. The van der Waals surface area contributed by atoms with Gasteiger partial charge in [0.1, 0.15) is 12.6 Å². The highest BCUT2D eigenvalue weighted by molar-refractivity contribution is 9.10. The maximum absolute atomic E-state index is 13.3. The average Bonchev–Trinajstić information content (AvgIpc) is 3.39. The number of aromatic nitrogens is 3. The van der Waals surface area contributed by atoms with E-state index in [-0.39, 0.29) is 13.2 Å². The maximum atomic E-state index is 13.3. The normalized spacial score (nSPS) is 14.2. The van der Waals surface area contributed by atoms with Crippen LogP contribution in [0.3, 0.4) is 0 Å². The van der Waals surface area contributed by atoms with Crippen LogP contribution < -0.4 is 14.8 Å². The number of esters is 1. The largest absolute Gasteiger partial charge is 0.490 e. The Hall–Kier alpha value is -3.18. The number of carbonyl (C=O) groups excluding carboxylic acids is 1. The van der Waals surface area contributed by atoms with Crippen molar-refractivity contribution in [2.24, 2.45) is 0 Å². The highest BCUT2D eigenvalue weighted by Gasteiger charge is 2.36. The minimum Gasteiger partial charge on any atom is -0.490 e. The number of allylic oxidation sites excluding steroid dienone is 1. The molecule has 5 rings (SSSR count). The van der Waals surface area contributed by atoms with Crippen molar-refractivity contribution in [2.75, 3.05) is 18.5 Å². The maximum Gasteiger partial charge on any atom is 0.338 e. The third kappa shape index (κ3) is 6.98. The molecular weight excluding hydrogens is 675 g/mol. The molecule has 1 aliphatic rings. The Bertz CT molecular complexity index is 1680. The molecule has 43 heavy (non-hydrogen) atoms. The summed E-state index contributed by atoms with van der Waals surface area (Å²) < 4.78 is 20.1. The molecule has 1 N–H and O–H groups in total. The van der Waals surface area contributed by atoms with Gasteiger partial charge in [0.05, 0.1) is 23.3 Å². The van der Waals surface area contributed by atoms with Crippen molar-refractivity contribution < 1.29 is 19.0 Å². The van der Waals surface area contributed by atoms with Crippen LogP contribution in [0.4, 0.5) is 5.95 Å². The molecule has 1 unspecified atom stereocenters. The number of anilines is 1. The summed E-state index contributed by atoms with van der Waals surface area (Å²) >= 11 is 17.9. The summed E-state index contributed by atoms with van der Waals surface area (Å²) in [5.74, 6) is 1.67. The topological polar surface area (TPSA) is 87.5 Å². The first-order valence-electron chi connectivity index (χ1n) is 13.6. The number of ether oxygens (including phenoxy) is 3. The fourth-order valence-corrected chi connectivity index (χ4v) is 6.53. The van der Waals surface area contributed by atoms with Crippen molar-refractivity contribution >= 4 is 62.8 Å². The van der Waals surface area contributed by atoms with Gasteiger partial charge in [0.15, 0.2) is 11.5 Å². The molecule has 0 fully saturated rings. The first kappa shape index (κ1) is 31.3. The third-order valence-corrected chi connectivity index (χ3v) is 8.83. The van der Waals surface area contributed by atoms with Gasteiger partial charge in [-0.2, -0.15) is 4.98 Å². The number of halogens is 3. The van der Waals surface area contributed by atoms with Crippen LogP contribution in [0.1, 0.15) is 43.5 Å². The predicted octanol–water partition coefficient (Wildman–Crippen LogP) is 8.47. The lowest BCUT2D eigenvalue weighted by molar-refractivity contribution is -0.139. The van der Waals surface area contributed by atoms with Gasteiger partial charge in [0, 0.05) is 27.1 Å². The fraction of sp³-hybridized carbons (Fsp3) is 0.258. The van der Waals surface area contributed by atoms with Crippen LogP contribution >= 0.6 is 50.9 Å². The van der Waals surface area contributed by atoms with Crippen molar-refractivity contribution in [3.05, 3.63) is 103 Å². The highest BCUT2D eigenvalue weighted by atomic mass is 79.9. The standard InChI is InChI=1S/C31H29BrCl2N4O4S/c1-4-40-25-15-21(14-22(32)28(25)42-16-19-10-6-8-12-23(19)33)27-26(29(39)41-5-2)18(3)35-30-36-31(37-38(27)30)43-17-20-11-7-9-13-24(20)34/h6-15,27H,4-5,16-17H2,1-3H3,(H,35,36,37). The summed E-state index contributed by atoms with van der Waals surface area (Å²) in [6, 6.07) is 18.3. The van der Waals surface area contributed by atoms with E-state index in [9.17, 15) is 4.79 Å². The number of hydrogen-bond donors (Lipinski definition) is 1. The number of nitrogens with one attached hydrogen (secondary N) is 1. The lowest BCUT2D eigenvalue weighted by Gasteiger charge is -2.29. The number of hydrogen-bond acceptors (Lipinski definition) is 8. The van der Waals surface area contributed by atoms with Gasteiger partial charge in [-0.25, -0.2) is 9.48 Å². The van der Waals surface area contributed by atoms with Gasteiger partial charge < -0.3 is 19.5 Å². The van der Waals surface area contributed by atoms with E-state index < -0.39 is 12.0 Å². The minimum absolute atomic E-state index is 0.230. The molecule has 0 amide bonds. The second-order valence-electron chi connectivity index (χ2n) is 9.47. The van der Waals surface area contributed by atoms with Crippen LogP contribution in [-0.4, -0.2) is 33.9 Å². The smallest absolute Gasteiger partial charge is 0.338 e. The lowest BCUT2D eigenvalue weighted by atomic mass is 9.95. The Morgan fingerprint density at radius 2 is 1.72 bits per heavy atom. The number of rotatable bonds is 11. The number of fused-ring (bicyclic) bond motifs is 1. The molecule has 4 aromatic rings. The monoisotopic (exact) mass is 702 g/mol. The van der Waals surface area contributed by atoms with Crippen LogP contribution in [-0.2, 0) is 21.9 Å². The van der Waals surface area contributed by atoms with Gasteiger partial charge in [0.2, 0.25) is 11.1 Å². The Morgan fingerprint density at radius 1 is 1.02 bits per heavy atom. The molecule has 224 valence electrons. The van der Waals surface area contributed by atoms with Gasteiger partial charge in [-0.1, -0.05) is 71.4 Å². The molecule has 0 saturated carbocycles. The van der Waals surface area contributed by atoms with Gasteiger partial charge in [-0.3, -0.25) is 0 Å². The van der Waals surface area contributed by atoms with E-state index in [2.05, 4.69) is 21.2 Å². The lowest BCUT2D eigenvalue weighted by Crippen LogP contribution is -2.29. The summed E-state index contributed by atoms with van der Waals surface area (Å²) in [5.41, 5.74) is 3.60. The van der Waals surface area contributed by atoms with Crippen LogP contribution in [0.25, 0.3) is 0 Å². The Morgan fingerprint density at radius 3 is 2.40 bits per heavy atom. The van der Waals surface area contributed by atoms with Crippen molar-refractivity contribution in [2.45, 2.75) is 44.3 Å². The zero-order valence-corrected chi connectivity index (χ0v) is 27.6. The van der Waals surface area contributed by atoms with Crippen molar-refractivity contribution in [1.29, 1.82) is 0 Å². The molecule has 1 aliphatic heterocycles. The van der Waals surface area contributed by atoms with E-state index in [1.165, 1.54) is 11.8 Å². The summed E-state index contributed by atoms with van der Waals surface area (Å²) in [4.78, 5) is 18.1. The van der Waals surface area contributed by atoms with E-state index in [4.69, 9.17) is 47.5 Å². The second kappa shape index (κ2) is 14.1. The van der Waals surface area contributed by atoms with Crippen molar-refractivity contribution in [3.8, 4) is 11.5 Å².